The van der Waals surface area contributed by atoms with E-state index in [-0.39, 0.29) is 23.8 Å². The fraction of sp³-hybridized carbons (Fsp3) is 0.500. The number of carbonyl (C=O) groups excluding carboxylic acids is 2. The molecule has 2 amide bonds. The maximum absolute atomic E-state index is 12.3. The van der Waals surface area contributed by atoms with Gasteiger partial charge in [-0.2, -0.15) is 0 Å². The predicted molar refractivity (Wildman–Crippen MR) is 105 cm³/mol. The van der Waals surface area contributed by atoms with E-state index in [1.165, 1.54) is 23.1 Å². The molecule has 144 valence electrons. The van der Waals surface area contributed by atoms with E-state index in [4.69, 9.17) is 0 Å². The summed E-state index contributed by atoms with van der Waals surface area (Å²) in [5.41, 5.74) is 0. The average Bonchev–Trinajstić information content (AvgIpc) is 3.11. The van der Waals surface area contributed by atoms with Gasteiger partial charge in [-0.05, 0) is 44.7 Å². The van der Waals surface area contributed by atoms with E-state index in [2.05, 4.69) is 25.8 Å². The number of aryl methyl sites for hydroxylation is 1. The third-order valence-electron chi connectivity index (χ3n) is 4.43. The first-order valence-corrected chi connectivity index (χ1v) is 10.8. The van der Waals surface area contributed by atoms with Gasteiger partial charge in [0.1, 0.15) is 10.0 Å². The molecule has 2 heterocycles. The van der Waals surface area contributed by atoms with Crippen molar-refractivity contribution in [2.24, 2.45) is 5.92 Å². The molecule has 1 aliphatic carbocycles. The van der Waals surface area contributed by atoms with Crippen molar-refractivity contribution in [1.29, 1.82) is 0 Å². The molecule has 9 heteroatoms. The number of aromatic nitrogens is 3. The molecule has 2 aromatic heterocycles. The maximum Gasteiger partial charge on any atom is 0.230 e. The molecule has 0 bridgehead atoms. The van der Waals surface area contributed by atoms with Gasteiger partial charge in [-0.3, -0.25) is 9.59 Å². The number of carbonyl (C=O) groups is 2. The van der Waals surface area contributed by atoms with Gasteiger partial charge >= 0.3 is 0 Å². The monoisotopic (exact) mass is 405 g/mol. The van der Waals surface area contributed by atoms with Gasteiger partial charge in [0.15, 0.2) is 0 Å². The fourth-order valence-corrected chi connectivity index (χ4v) is 4.38. The van der Waals surface area contributed by atoms with Gasteiger partial charge in [0.05, 0.1) is 17.3 Å². The Hall–Kier alpha value is -2.00. The highest BCUT2D eigenvalue weighted by Gasteiger charge is 2.27. The quantitative estimate of drug-likeness (QED) is 0.686. The topological polar surface area (TPSA) is 96.9 Å². The summed E-state index contributed by atoms with van der Waals surface area (Å²) in [5, 5.41) is 16.6. The van der Waals surface area contributed by atoms with Crippen molar-refractivity contribution in [2.45, 2.75) is 50.2 Å². The lowest BCUT2D eigenvalue weighted by Crippen LogP contribution is -2.41. The SMILES string of the molecule is Cc1nnc(CNC(=O)C2CCC(NC(=O)CSc3ccccn3)CC2)s1. The van der Waals surface area contributed by atoms with Crippen LogP contribution in [0.4, 0.5) is 0 Å². The Kier molecular flexibility index (Phi) is 7.17. The zero-order valence-electron chi connectivity index (χ0n) is 15.2. The number of pyridine rings is 1. The maximum atomic E-state index is 12.3. The zero-order chi connectivity index (χ0) is 19.1. The van der Waals surface area contributed by atoms with Crippen LogP contribution in [0.2, 0.25) is 0 Å². The minimum atomic E-state index is 0.00932. The Morgan fingerprint density at radius 2 is 2.04 bits per heavy atom. The molecule has 0 saturated heterocycles. The Labute approximate surface area is 166 Å². The number of nitrogens with one attached hydrogen (secondary N) is 2. The van der Waals surface area contributed by atoms with Crippen LogP contribution in [0.25, 0.3) is 0 Å². The van der Waals surface area contributed by atoms with E-state index in [9.17, 15) is 9.59 Å². The first-order chi connectivity index (χ1) is 13.1. The molecule has 27 heavy (non-hydrogen) atoms. The molecule has 0 aromatic carbocycles. The molecule has 0 spiro atoms. The first-order valence-electron chi connectivity index (χ1n) is 9.00. The third kappa shape index (κ3) is 6.28. The predicted octanol–water partition coefficient (Wildman–Crippen LogP) is 2.33. The lowest BCUT2D eigenvalue weighted by Gasteiger charge is -2.28. The Morgan fingerprint density at radius 3 is 2.70 bits per heavy atom. The number of nitrogens with zero attached hydrogens (tertiary/aromatic N) is 3. The smallest absolute Gasteiger partial charge is 0.230 e. The third-order valence-corrected chi connectivity index (χ3v) is 6.22. The van der Waals surface area contributed by atoms with Crippen molar-refractivity contribution in [3.63, 3.8) is 0 Å². The summed E-state index contributed by atoms with van der Waals surface area (Å²) >= 11 is 2.93. The molecule has 1 saturated carbocycles. The summed E-state index contributed by atoms with van der Waals surface area (Å²) < 4.78 is 0. The highest BCUT2D eigenvalue weighted by molar-refractivity contribution is 7.99. The molecule has 1 aliphatic rings. The van der Waals surface area contributed by atoms with Crippen molar-refractivity contribution in [1.82, 2.24) is 25.8 Å². The molecule has 3 rings (SSSR count). The first kappa shape index (κ1) is 19.8. The summed E-state index contributed by atoms with van der Waals surface area (Å²) in [6.07, 6.45) is 4.96. The number of amides is 2. The molecular weight excluding hydrogens is 382 g/mol. The molecule has 0 aliphatic heterocycles. The van der Waals surface area contributed by atoms with Crippen molar-refractivity contribution in [2.75, 3.05) is 5.75 Å². The molecular formula is C18H23N5O2S2. The van der Waals surface area contributed by atoms with Gasteiger partial charge in [0.25, 0.3) is 0 Å². The van der Waals surface area contributed by atoms with Gasteiger partial charge in [0, 0.05) is 18.2 Å². The highest BCUT2D eigenvalue weighted by atomic mass is 32.2. The van der Waals surface area contributed by atoms with Crippen LogP contribution in [0.5, 0.6) is 0 Å². The van der Waals surface area contributed by atoms with E-state index in [0.717, 1.165) is 40.7 Å². The largest absolute Gasteiger partial charge is 0.353 e. The highest BCUT2D eigenvalue weighted by Crippen LogP contribution is 2.25. The summed E-state index contributed by atoms with van der Waals surface area (Å²) in [7, 11) is 0. The summed E-state index contributed by atoms with van der Waals surface area (Å²) in [6.45, 7) is 2.33. The Balaban J connectivity index is 1.34. The second-order valence-electron chi connectivity index (χ2n) is 6.51. The number of rotatable bonds is 7. The van der Waals surface area contributed by atoms with Crippen LogP contribution in [-0.4, -0.2) is 38.8 Å². The standard InChI is InChI=1S/C18H23N5O2S2/c1-12-22-23-17(27-12)10-20-18(25)13-5-7-14(8-6-13)21-15(24)11-26-16-4-2-3-9-19-16/h2-4,9,13-14H,5-8,10-11H2,1H3,(H,20,25)(H,21,24). The van der Waals surface area contributed by atoms with Gasteiger partial charge in [-0.15, -0.1) is 10.2 Å². The van der Waals surface area contributed by atoms with Crippen LogP contribution in [0, 0.1) is 12.8 Å². The van der Waals surface area contributed by atoms with E-state index in [1.807, 2.05) is 25.1 Å². The molecule has 0 unspecified atom stereocenters. The van der Waals surface area contributed by atoms with E-state index in [1.54, 1.807) is 6.20 Å². The van der Waals surface area contributed by atoms with Gasteiger partial charge in [-0.25, -0.2) is 4.98 Å². The Bertz CT molecular complexity index is 760. The van der Waals surface area contributed by atoms with Gasteiger partial charge in [-0.1, -0.05) is 29.2 Å². The zero-order valence-corrected chi connectivity index (χ0v) is 16.8. The van der Waals surface area contributed by atoms with Crippen molar-refractivity contribution in [3.05, 3.63) is 34.4 Å². The Morgan fingerprint density at radius 1 is 1.22 bits per heavy atom. The van der Waals surface area contributed by atoms with Gasteiger partial charge < -0.3 is 10.6 Å². The second kappa shape index (κ2) is 9.80. The average molecular weight is 406 g/mol. The minimum absolute atomic E-state index is 0.00932. The van der Waals surface area contributed by atoms with Crippen molar-refractivity contribution < 1.29 is 9.59 Å². The molecule has 2 N–H and O–H groups in total. The van der Waals surface area contributed by atoms with Crippen LogP contribution in [0.3, 0.4) is 0 Å². The minimum Gasteiger partial charge on any atom is -0.353 e. The van der Waals surface area contributed by atoms with Crippen molar-refractivity contribution in [3.8, 4) is 0 Å². The lowest BCUT2D eigenvalue weighted by molar-refractivity contribution is -0.126. The summed E-state index contributed by atoms with van der Waals surface area (Å²) in [4.78, 5) is 28.6. The molecule has 2 aromatic rings. The second-order valence-corrected chi connectivity index (χ2v) is 8.77. The van der Waals surface area contributed by atoms with Crippen LogP contribution in [-0.2, 0) is 16.1 Å². The van der Waals surface area contributed by atoms with E-state index >= 15 is 0 Å². The van der Waals surface area contributed by atoms with Crippen molar-refractivity contribution >= 4 is 34.9 Å². The van der Waals surface area contributed by atoms with Crippen LogP contribution >= 0.6 is 23.1 Å². The van der Waals surface area contributed by atoms with E-state index < -0.39 is 0 Å². The van der Waals surface area contributed by atoms with Crippen LogP contribution in [0.15, 0.2) is 29.4 Å². The number of hydrogen-bond acceptors (Lipinski definition) is 7. The number of thioether (sulfide) groups is 1. The lowest BCUT2D eigenvalue weighted by atomic mass is 9.85. The molecule has 0 atom stereocenters. The fourth-order valence-electron chi connectivity index (χ4n) is 3.06. The molecule has 7 nitrogen and oxygen atoms in total. The number of hydrogen-bond donors (Lipinski definition) is 2. The summed E-state index contributed by atoms with van der Waals surface area (Å²) in [6, 6.07) is 5.81. The van der Waals surface area contributed by atoms with Crippen LogP contribution < -0.4 is 10.6 Å². The van der Waals surface area contributed by atoms with E-state index in [0.29, 0.717) is 12.3 Å². The van der Waals surface area contributed by atoms with Crippen LogP contribution in [0.1, 0.15) is 35.7 Å². The normalized spacial score (nSPS) is 19.4. The summed E-state index contributed by atoms with van der Waals surface area (Å²) in [5.74, 6) is 0.456. The molecule has 0 radical (unpaired) electrons. The molecule has 1 fully saturated rings. The van der Waals surface area contributed by atoms with Gasteiger partial charge in [0.2, 0.25) is 11.8 Å².